The smallest absolute Gasteiger partial charge is 0.338 e. The van der Waals surface area contributed by atoms with Crippen molar-refractivity contribution < 1.29 is 18.0 Å². The van der Waals surface area contributed by atoms with Crippen LogP contribution in [-0.2, 0) is 12.7 Å². The van der Waals surface area contributed by atoms with Gasteiger partial charge in [-0.2, -0.15) is 13.2 Å². The summed E-state index contributed by atoms with van der Waals surface area (Å²) in [5.41, 5.74) is -0.936. The predicted octanol–water partition coefficient (Wildman–Crippen LogP) is 2.38. The van der Waals surface area contributed by atoms with Crippen LogP contribution in [0, 0.1) is 0 Å². The Bertz CT molecular complexity index is 883. The second kappa shape index (κ2) is 7.45. The molecule has 7 nitrogen and oxygen atoms in total. The molecule has 1 fully saturated rings. The number of urea groups is 1. The number of benzene rings is 1. The van der Waals surface area contributed by atoms with Gasteiger partial charge in [0.15, 0.2) is 5.82 Å². The highest BCUT2D eigenvalue weighted by Gasteiger charge is 2.33. The van der Waals surface area contributed by atoms with Gasteiger partial charge in [-0.05, 0) is 31.9 Å². The first-order valence-electron chi connectivity index (χ1n) is 8.70. The Morgan fingerprint density at radius 1 is 1.30 bits per heavy atom. The van der Waals surface area contributed by atoms with Gasteiger partial charge in [0.05, 0.1) is 12.1 Å². The zero-order valence-electron chi connectivity index (χ0n) is 14.7. The Kier molecular flexibility index (Phi) is 5.24. The highest BCUT2D eigenvalue weighted by atomic mass is 19.4. The number of nitrogens with zero attached hydrogens (tertiary/aromatic N) is 3. The fourth-order valence-corrected chi connectivity index (χ4v) is 2.76. The SMILES string of the molecule is CCNC(=O)NCCn1nc(-c2cccc(C(F)(F)F)c2)n(C2CC2)c1=O. The number of hydrogen-bond acceptors (Lipinski definition) is 3. The van der Waals surface area contributed by atoms with E-state index in [2.05, 4.69) is 15.7 Å². The molecule has 0 aliphatic heterocycles. The first-order valence-corrected chi connectivity index (χ1v) is 8.70. The van der Waals surface area contributed by atoms with Crippen molar-refractivity contribution in [1.82, 2.24) is 25.0 Å². The molecule has 1 aliphatic carbocycles. The van der Waals surface area contributed by atoms with E-state index in [1.54, 1.807) is 6.92 Å². The molecule has 10 heteroatoms. The van der Waals surface area contributed by atoms with Crippen LogP contribution in [0.4, 0.5) is 18.0 Å². The highest BCUT2D eigenvalue weighted by Crippen LogP contribution is 2.37. The van der Waals surface area contributed by atoms with E-state index in [9.17, 15) is 22.8 Å². The van der Waals surface area contributed by atoms with Crippen LogP contribution in [0.2, 0.25) is 0 Å². The largest absolute Gasteiger partial charge is 0.416 e. The Labute approximate surface area is 153 Å². The van der Waals surface area contributed by atoms with Crippen molar-refractivity contribution in [3.63, 3.8) is 0 Å². The van der Waals surface area contributed by atoms with Gasteiger partial charge in [0.1, 0.15) is 0 Å². The topological polar surface area (TPSA) is 81.0 Å². The number of alkyl halides is 3. The van der Waals surface area contributed by atoms with E-state index in [4.69, 9.17) is 0 Å². The zero-order chi connectivity index (χ0) is 19.6. The summed E-state index contributed by atoms with van der Waals surface area (Å²) in [4.78, 5) is 24.1. The third-order valence-electron chi connectivity index (χ3n) is 4.18. The molecule has 146 valence electrons. The standard InChI is InChI=1S/C17H20F3N5O2/c1-2-21-15(26)22-8-9-24-16(27)25(13-6-7-13)14(23-24)11-4-3-5-12(10-11)17(18,19)20/h3-5,10,13H,2,6-9H2,1H3,(H2,21,22,26). The Hall–Kier alpha value is -2.78. The van der Waals surface area contributed by atoms with Gasteiger partial charge in [-0.3, -0.25) is 4.57 Å². The number of carbonyl (C=O) groups is 1. The molecule has 0 bridgehead atoms. The van der Waals surface area contributed by atoms with E-state index < -0.39 is 11.7 Å². The molecule has 0 unspecified atom stereocenters. The Morgan fingerprint density at radius 2 is 2.04 bits per heavy atom. The van der Waals surface area contributed by atoms with Crippen molar-refractivity contribution in [1.29, 1.82) is 0 Å². The van der Waals surface area contributed by atoms with Crippen LogP contribution in [0.25, 0.3) is 11.4 Å². The van der Waals surface area contributed by atoms with E-state index in [0.717, 1.165) is 25.0 Å². The molecule has 2 N–H and O–H groups in total. The van der Waals surface area contributed by atoms with E-state index in [1.807, 2.05) is 0 Å². The molecule has 1 heterocycles. The summed E-state index contributed by atoms with van der Waals surface area (Å²) < 4.78 is 41.6. The first-order chi connectivity index (χ1) is 12.8. The maximum absolute atomic E-state index is 13.0. The van der Waals surface area contributed by atoms with E-state index in [1.165, 1.54) is 21.4 Å². The van der Waals surface area contributed by atoms with Crippen molar-refractivity contribution in [3.05, 3.63) is 40.3 Å². The summed E-state index contributed by atoms with van der Waals surface area (Å²) in [6, 6.07) is 4.38. The van der Waals surface area contributed by atoms with Gasteiger partial charge >= 0.3 is 17.9 Å². The molecule has 2 aromatic rings. The van der Waals surface area contributed by atoms with Crippen LogP contribution in [-0.4, -0.2) is 33.5 Å². The normalized spacial score (nSPS) is 14.2. The van der Waals surface area contributed by atoms with Gasteiger partial charge in [-0.1, -0.05) is 12.1 Å². The molecule has 3 rings (SSSR count). The van der Waals surface area contributed by atoms with Crippen LogP contribution in [0.15, 0.2) is 29.1 Å². The molecule has 1 aromatic heterocycles. The third-order valence-corrected chi connectivity index (χ3v) is 4.18. The van der Waals surface area contributed by atoms with Crippen molar-refractivity contribution >= 4 is 6.03 Å². The average Bonchev–Trinajstić information content (AvgIpc) is 3.39. The second-order valence-corrected chi connectivity index (χ2v) is 6.30. The van der Waals surface area contributed by atoms with Gasteiger partial charge in [-0.25, -0.2) is 14.3 Å². The van der Waals surface area contributed by atoms with Crippen molar-refractivity contribution in [2.24, 2.45) is 0 Å². The second-order valence-electron chi connectivity index (χ2n) is 6.30. The molecular weight excluding hydrogens is 363 g/mol. The molecular formula is C17H20F3N5O2. The Balaban J connectivity index is 1.88. The van der Waals surface area contributed by atoms with E-state index >= 15 is 0 Å². The van der Waals surface area contributed by atoms with Gasteiger partial charge in [0.25, 0.3) is 0 Å². The average molecular weight is 383 g/mol. The van der Waals surface area contributed by atoms with Crippen LogP contribution in [0.5, 0.6) is 0 Å². The lowest BCUT2D eigenvalue weighted by molar-refractivity contribution is -0.137. The maximum atomic E-state index is 13.0. The summed E-state index contributed by atoms with van der Waals surface area (Å²) >= 11 is 0. The summed E-state index contributed by atoms with van der Waals surface area (Å²) in [6.45, 7) is 2.56. The monoisotopic (exact) mass is 383 g/mol. The molecule has 1 saturated carbocycles. The zero-order valence-corrected chi connectivity index (χ0v) is 14.7. The van der Waals surface area contributed by atoms with Gasteiger partial charge in [0, 0.05) is 24.7 Å². The predicted molar refractivity (Wildman–Crippen MR) is 92.3 cm³/mol. The van der Waals surface area contributed by atoms with Crippen molar-refractivity contribution in [3.8, 4) is 11.4 Å². The first kappa shape index (κ1) is 19.0. The van der Waals surface area contributed by atoms with Crippen molar-refractivity contribution in [2.75, 3.05) is 13.1 Å². The summed E-state index contributed by atoms with van der Waals surface area (Å²) in [5.74, 6) is 0.214. The molecule has 0 saturated heterocycles. The minimum Gasteiger partial charge on any atom is -0.338 e. The van der Waals surface area contributed by atoms with Crippen LogP contribution in [0.1, 0.15) is 31.4 Å². The van der Waals surface area contributed by atoms with Crippen LogP contribution in [0.3, 0.4) is 0 Å². The Morgan fingerprint density at radius 3 is 2.67 bits per heavy atom. The molecule has 0 spiro atoms. The molecule has 0 atom stereocenters. The van der Waals surface area contributed by atoms with Gasteiger partial charge in [0.2, 0.25) is 0 Å². The number of halogens is 3. The number of amides is 2. The van der Waals surface area contributed by atoms with Gasteiger partial charge in [-0.15, -0.1) is 5.10 Å². The molecule has 27 heavy (non-hydrogen) atoms. The fourth-order valence-electron chi connectivity index (χ4n) is 2.76. The molecule has 0 radical (unpaired) electrons. The van der Waals surface area contributed by atoms with Crippen molar-refractivity contribution in [2.45, 2.75) is 38.5 Å². The lowest BCUT2D eigenvalue weighted by Crippen LogP contribution is -2.38. The lowest BCUT2D eigenvalue weighted by atomic mass is 10.1. The lowest BCUT2D eigenvalue weighted by Gasteiger charge is -2.09. The minimum atomic E-state index is -4.47. The molecule has 1 aromatic carbocycles. The summed E-state index contributed by atoms with van der Waals surface area (Å²) in [5, 5.41) is 9.40. The molecule has 2 amide bonds. The number of hydrogen-bond donors (Lipinski definition) is 2. The summed E-state index contributed by atoms with van der Waals surface area (Å²) in [6.07, 6.45) is -2.90. The van der Waals surface area contributed by atoms with Crippen LogP contribution < -0.4 is 16.3 Å². The molecule has 1 aliphatic rings. The number of rotatable bonds is 6. The third kappa shape index (κ3) is 4.32. The number of aromatic nitrogens is 3. The highest BCUT2D eigenvalue weighted by molar-refractivity contribution is 5.73. The summed E-state index contributed by atoms with van der Waals surface area (Å²) in [7, 11) is 0. The quantitative estimate of drug-likeness (QED) is 0.804. The number of nitrogens with one attached hydrogen (secondary N) is 2. The van der Waals surface area contributed by atoms with E-state index in [0.29, 0.717) is 6.54 Å². The number of carbonyl (C=O) groups excluding carboxylic acids is 1. The van der Waals surface area contributed by atoms with Gasteiger partial charge < -0.3 is 10.6 Å². The minimum absolute atomic E-state index is 0.0489. The fraction of sp³-hybridized carbons (Fsp3) is 0.471. The maximum Gasteiger partial charge on any atom is 0.416 e. The van der Waals surface area contributed by atoms with Crippen LogP contribution >= 0.6 is 0 Å². The van der Waals surface area contributed by atoms with E-state index in [-0.39, 0.29) is 42.2 Å².